The SMILES string of the molecule is CCc1cc2c(OC(C)(C)CC)nc(NC)nc2s1. The van der Waals surface area contributed by atoms with Gasteiger partial charge in [0, 0.05) is 11.9 Å². The Hall–Kier alpha value is -1.36. The van der Waals surface area contributed by atoms with Gasteiger partial charge in [0.1, 0.15) is 10.4 Å². The highest BCUT2D eigenvalue weighted by Gasteiger charge is 2.21. The smallest absolute Gasteiger partial charge is 0.227 e. The van der Waals surface area contributed by atoms with E-state index < -0.39 is 0 Å². The van der Waals surface area contributed by atoms with E-state index in [-0.39, 0.29) is 5.60 Å². The number of nitrogens with one attached hydrogen (secondary N) is 1. The second-order valence-corrected chi connectivity index (χ2v) is 6.22. The summed E-state index contributed by atoms with van der Waals surface area (Å²) in [7, 11) is 1.82. The number of rotatable bonds is 5. The molecule has 0 unspecified atom stereocenters. The van der Waals surface area contributed by atoms with E-state index in [1.807, 2.05) is 7.05 Å². The van der Waals surface area contributed by atoms with Gasteiger partial charge in [-0.05, 0) is 32.8 Å². The van der Waals surface area contributed by atoms with E-state index in [0.29, 0.717) is 11.8 Å². The van der Waals surface area contributed by atoms with Gasteiger partial charge in [-0.3, -0.25) is 0 Å². The van der Waals surface area contributed by atoms with Crippen molar-refractivity contribution >= 4 is 27.5 Å². The van der Waals surface area contributed by atoms with Gasteiger partial charge >= 0.3 is 0 Å². The summed E-state index contributed by atoms with van der Waals surface area (Å²) in [6.45, 7) is 8.41. The van der Waals surface area contributed by atoms with Crippen LogP contribution in [-0.2, 0) is 6.42 Å². The minimum atomic E-state index is -0.222. The summed E-state index contributed by atoms with van der Waals surface area (Å²) >= 11 is 1.70. The molecular weight excluding hydrogens is 258 g/mol. The number of thiophene rings is 1. The standard InChI is InChI=1S/C14H21N3OS/c1-6-9-8-10-11(18-14(3,4)7-2)16-13(15-5)17-12(10)19-9/h8H,6-7H2,1-5H3,(H,15,16,17). The Morgan fingerprint density at radius 3 is 2.63 bits per heavy atom. The monoisotopic (exact) mass is 279 g/mol. The number of ether oxygens (including phenoxy) is 1. The van der Waals surface area contributed by atoms with Crippen molar-refractivity contribution in [1.82, 2.24) is 9.97 Å². The van der Waals surface area contributed by atoms with Gasteiger partial charge in [-0.15, -0.1) is 11.3 Å². The summed E-state index contributed by atoms with van der Waals surface area (Å²) in [4.78, 5) is 11.2. The maximum absolute atomic E-state index is 6.08. The van der Waals surface area contributed by atoms with Gasteiger partial charge in [0.15, 0.2) is 0 Å². The van der Waals surface area contributed by atoms with Crippen LogP contribution < -0.4 is 10.1 Å². The van der Waals surface area contributed by atoms with Crippen molar-refractivity contribution in [2.75, 3.05) is 12.4 Å². The molecule has 2 aromatic rings. The van der Waals surface area contributed by atoms with Crippen LogP contribution in [0.1, 0.15) is 39.0 Å². The van der Waals surface area contributed by atoms with Crippen molar-refractivity contribution in [2.45, 2.75) is 46.1 Å². The molecule has 0 atom stereocenters. The lowest BCUT2D eigenvalue weighted by Gasteiger charge is -2.24. The summed E-state index contributed by atoms with van der Waals surface area (Å²) < 4.78 is 6.08. The number of fused-ring (bicyclic) bond motifs is 1. The van der Waals surface area contributed by atoms with Crippen LogP contribution in [0.3, 0.4) is 0 Å². The topological polar surface area (TPSA) is 47.0 Å². The lowest BCUT2D eigenvalue weighted by atomic mass is 10.1. The predicted molar refractivity (Wildman–Crippen MR) is 81.3 cm³/mol. The normalized spacial score (nSPS) is 11.8. The Kier molecular flexibility index (Phi) is 3.94. The molecule has 0 fully saturated rings. The first-order valence-electron chi connectivity index (χ1n) is 6.66. The van der Waals surface area contributed by atoms with Gasteiger partial charge in [0.05, 0.1) is 5.39 Å². The van der Waals surface area contributed by atoms with Crippen LogP contribution >= 0.6 is 11.3 Å². The number of aromatic nitrogens is 2. The molecule has 19 heavy (non-hydrogen) atoms. The second kappa shape index (κ2) is 5.33. The summed E-state index contributed by atoms with van der Waals surface area (Å²) in [5.41, 5.74) is -0.222. The lowest BCUT2D eigenvalue weighted by molar-refractivity contribution is 0.101. The molecule has 0 saturated heterocycles. The van der Waals surface area contributed by atoms with Crippen molar-refractivity contribution in [3.8, 4) is 5.88 Å². The lowest BCUT2D eigenvalue weighted by Crippen LogP contribution is -2.27. The van der Waals surface area contributed by atoms with Crippen molar-refractivity contribution in [3.63, 3.8) is 0 Å². The zero-order valence-corrected chi connectivity index (χ0v) is 13.0. The molecule has 1 N–H and O–H groups in total. The van der Waals surface area contributed by atoms with Crippen LogP contribution in [0.2, 0.25) is 0 Å². The Balaban J connectivity index is 2.53. The van der Waals surface area contributed by atoms with Crippen molar-refractivity contribution in [3.05, 3.63) is 10.9 Å². The van der Waals surface area contributed by atoms with E-state index >= 15 is 0 Å². The third-order valence-electron chi connectivity index (χ3n) is 3.21. The Bertz CT molecular complexity index is 577. The van der Waals surface area contributed by atoms with Gasteiger partial charge in [-0.25, -0.2) is 4.98 Å². The highest BCUT2D eigenvalue weighted by molar-refractivity contribution is 7.18. The van der Waals surface area contributed by atoms with E-state index in [1.54, 1.807) is 11.3 Å². The Labute approximate surface area is 118 Å². The molecule has 4 nitrogen and oxygen atoms in total. The van der Waals surface area contributed by atoms with E-state index in [2.05, 4.69) is 49.0 Å². The first-order chi connectivity index (χ1) is 8.99. The third kappa shape index (κ3) is 2.97. The predicted octanol–water partition coefficient (Wildman–Crippen LogP) is 3.86. The van der Waals surface area contributed by atoms with Crippen LogP contribution in [0.25, 0.3) is 10.2 Å². The molecule has 0 spiro atoms. The number of hydrogen-bond acceptors (Lipinski definition) is 5. The van der Waals surface area contributed by atoms with Crippen LogP contribution in [-0.4, -0.2) is 22.6 Å². The van der Waals surface area contributed by atoms with Crippen molar-refractivity contribution in [1.29, 1.82) is 0 Å². The van der Waals surface area contributed by atoms with Crippen molar-refractivity contribution < 1.29 is 4.74 Å². The quantitative estimate of drug-likeness (QED) is 0.902. The molecule has 0 aliphatic heterocycles. The largest absolute Gasteiger partial charge is 0.471 e. The number of nitrogens with zero attached hydrogens (tertiary/aromatic N) is 2. The van der Waals surface area contributed by atoms with E-state index in [9.17, 15) is 0 Å². The molecule has 2 heterocycles. The molecule has 0 radical (unpaired) electrons. The highest BCUT2D eigenvalue weighted by atomic mass is 32.1. The van der Waals surface area contributed by atoms with E-state index in [1.165, 1.54) is 4.88 Å². The molecule has 0 aliphatic rings. The fourth-order valence-electron chi connectivity index (χ4n) is 1.64. The fraction of sp³-hybridized carbons (Fsp3) is 0.571. The Morgan fingerprint density at radius 2 is 2.05 bits per heavy atom. The molecule has 104 valence electrons. The van der Waals surface area contributed by atoms with E-state index in [4.69, 9.17) is 4.74 Å². The molecule has 0 saturated carbocycles. The van der Waals surface area contributed by atoms with Crippen LogP contribution in [0.5, 0.6) is 5.88 Å². The average Bonchev–Trinajstić information content (AvgIpc) is 2.81. The molecular formula is C14H21N3OS. The number of anilines is 1. The summed E-state index contributed by atoms with van der Waals surface area (Å²) in [6.07, 6.45) is 1.94. The molecule has 0 amide bonds. The van der Waals surface area contributed by atoms with Crippen LogP contribution in [0.15, 0.2) is 6.07 Å². The average molecular weight is 279 g/mol. The van der Waals surface area contributed by atoms with E-state index in [0.717, 1.165) is 23.1 Å². The summed E-state index contributed by atoms with van der Waals surface area (Å²) in [6, 6.07) is 2.14. The minimum absolute atomic E-state index is 0.222. The Morgan fingerprint density at radius 1 is 1.32 bits per heavy atom. The summed E-state index contributed by atoms with van der Waals surface area (Å²) in [5, 5.41) is 4.01. The molecule has 0 aliphatic carbocycles. The maximum Gasteiger partial charge on any atom is 0.227 e. The van der Waals surface area contributed by atoms with Gasteiger partial charge in [0.25, 0.3) is 0 Å². The first kappa shape index (κ1) is 14.1. The molecule has 0 aromatic carbocycles. The van der Waals surface area contributed by atoms with Gasteiger partial charge in [-0.2, -0.15) is 4.98 Å². The first-order valence-corrected chi connectivity index (χ1v) is 7.48. The molecule has 0 bridgehead atoms. The van der Waals surface area contributed by atoms with Crippen molar-refractivity contribution in [2.24, 2.45) is 0 Å². The van der Waals surface area contributed by atoms with Gasteiger partial charge in [0.2, 0.25) is 11.8 Å². The molecule has 5 heteroatoms. The van der Waals surface area contributed by atoms with Crippen LogP contribution in [0.4, 0.5) is 5.95 Å². The zero-order valence-electron chi connectivity index (χ0n) is 12.2. The fourth-order valence-corrected chi connectivity index (χ4v) is 2.60. The summed E-state index contributed by atoms with van der Waals surface area (Å²) in [5.74, 6) is 1.29. The number of hydrogen-bond donors (Lipinski definition) is 1. The molecule has 2 aromatic heterocycles. The minimum Gasteiger partial charge on any atom is -0.471 e. The zero-order chi connectivity index (χ0) is 14.0. The number of aryl methyl sites for hydroxylation is 1. The van der Waals surface area contributed by atoms with Gasteiger partial charge in [-0.1, -0.05) is 13.8 Å². The van der Waals surface area contributed by atoms with Crippen LogP contribution in [0, 0.1) is 0 Å². The maximum atomic E-state index is 6.08. The molecule has 2 rings (SSSR count). The third-order valence-corrected chi connectivity index (χ3v) is 4.38. The second-order valence-electron chi connectivity index (χ2n) is 5.10. The highest BCUT2D eigenvalue weighted by Crippen LogP contribution is 2.33. The van der Waals surface area contributed by atoms with Gasteiger partial charge < -0.3 is 10.1 Å².